The van der Waals surface area contributed by atoms with Crippen molar-refractivity contribution in [3.8, 4) is 0 Å². The number of aromatic nitrogens is 4. The lowest BCUT2D eigenvalue weighted by molar-refractivity contribution is 0.709. The van der Waals surface area contributed by atoms with Crippen molar-refractivity contribution in [1.82, 2.24) is 19.3 Å². The minimum absolute atomic E-state index is 0.865. The van der Waals surface area contributed by atoms with E-state index in [9.17, 15) is 0 Å². The van der Waals surface area contributed by atoms with Crippen LogP contribution in [-0.2, 0) is 20.5 Å². The van der Waals surface area contributed by atoms with Gasteiger partial charge < -0.3 is 9.88 Å². The van der Waals surface area contributed by atoms with Crippen molar-refractivity contribution in [2.75, 3.05) is 11.9 Å². The van der Waals surface area contributed by atoms with E-state index in [0.717, 1.165) is 18.9 Å². The maximum Gasteiger partial charge on any atom is 0.202 e. The Kier molecular flexibility index (Phi) is 2.71. The van der Waals surface area contributed by atoms with Gasteiger partial charge in [-0.25, -0.2) is 4.98 Å². The largest absolute Gasteiger partial charge is 0.355 e. The van der Waals surface area contributed by atoms with Crippen molar-refractivity contribution in [2.24, 2.45) is 14.1 Å². The Morgan fingerprint density at radius 1 is 1.33 bits per heavy atom. The van der Waals surface area contributed by atoms with Gasteiger partial charge in [-0.15, -0.1) is 0 Å². The molecule has 0 aliphatic heterocycles. The van der Waals surface area contributed by atoms with Crippen LogP contribution in [0.2, 0.25) is 0 Å². The summed E-state index contributed by atoms with van der Waals surface area (Å²) in [7, 11) is 3.93. The predicted molar refractivity (Wildman–Crippen MR) is 58.6 cm³/mol. The number of hydrogen-bond donors (Lipinski definition) is 1. The molecule has 0 bridgehead atoms. The first-order valence-corrected chi connectivity index (χ1v) is 4.95. The van der Waals surface area contributed by atoms with Gasteiger partial charge in [0.15, 0.2) is 0 Å². The minimum atomic E-state index is 0.865. The molecular weight excluding hydrogens is 190 g/mol. The zero-order chi connectivity index (χ0) is 10.7. The lowest BCUT2D eigenvalue weighted by atomic mass is 10.3. The van der Waals surface area contributed by atoms with Crippen molar-refractivity contribution < 1.29 is 0 Å². The molecule has 0 spiro atoms. The fraction of sp³-hybridized carbons (Fsp3) is 0.400. The van der Waals surface area contributed by atoms with Gasteiger partial charge in [0.05, 0.1) is 0 Å². The zero-order valence-corrected chi connectivity index (χ0v) is 9.01. The van der Waals surface area contributed by atoms with E-state index >= 15 is 0 Å². The topological polar surface area (TPSA) is 47.7 Å². The summed E-state index contributed by atoms with van der Waals surface area (Å²) in [4.78, 5) is 4.19. The monoisotopic (exact) mass is 205 g/mol. The Morgan fingerprint density at radius 3 is 2.80 bits per heavy atom. The molecule has 15 heavy (non-hydrogen) atoms. The first kappa shape index (κ1) is 9.76. The minimum Gasteiger partial charge on any atom is -0.355 e. The number of nitrogens with zero attached hydrogens (tertiary/aromatic N) is 4. The summed E-state index contributed by atoms with van der Waals surface area (Å²) in [6.07, 6.45) is 6.47. The Hall–Kier alpha value is -1.78. The maximum absolute atomic E-state index is 4.19. The summed E-state index contributed by atoms with van der Waals surface area (Å²) >= 11 is 0. The highest BCUT2D eigenvalue weighted by atomic mass is 15.3. The molecule has 80 valence electrons. The van der Waals surface area contributed by atoms with E-state index in [1.165, 1.54) is 5.69 Å². The van der Waals surface area contributed by atoms with Crippen LogP contribution in [0.25, 0.3) is 0 Å². The molecule has 0 saturated carbocycles. The standard InChI is InChI=1S/C10H15N5/c1-14-8-7-12-10(14)11-5-3-9-4-6-13-15(9)2/h4,6-8H,3,5H2,1-2H3,(H,11,12). The molecule has 0 atom stereocenters. The first-order valence-electron chi connectivity index (χ1n) is 4.95. The number of aryl methyl sites for hydroxylation is 2. The van der Waals surface area contributed by atoms with Gasteiger partial charge in [0.25, 0.3) is 0 Å². The van der Waals surface area contributed by atoms with E-state index in [4.69, 9.17) is 0 Å². The fourth-order valence-electron chi connectivity index (χ4n) is 1.48. The van der Waals surface area contributed by atoms with Gasteiger partial charge in [0, 0.05) is 51.3 Å². The third-order valence-corrected chi connectivity index (χ3v) is 2.41. The smallest absolute Gasteiger partial charge is 0.202 e. The van der Waals surface area contributed by atoms with Crippen LogP contribution in [0.15, 0.2) is 24.7 Å². The molecule has 5 nitrogen and oxygen atoms in total. The van der Waals surface area contributed by atoms with Crippen LogP contribution >= 0.6 is 0 Å². The summed E-state index contributed by atoms with van der Waals surface area (Å²) in [6, 6.07) is 2.03. The molecule has 0 saturated heterocycles. The second kappa shape index (κ2) is 4.16. The van der Waals surface area contributed by atoms with Crippen molar-refractivity contribution >= 4 is 5.95 Å². The Balaban J connectivity index is 1.86. The van der Waals surface area contributed by atoms with Gasteiger partial charge in [-0.3, -0.25) is 4.68 Å². The molecule has 0 aliphatic carbocycles. The SMILES string of the molecule is Cn1ccnc1NCCc1ccnn1C. The van der Waals surface area contributed by atoms with Crippen LogP contribution < -0.4 is 5.32 Å². The number of anilines is 1. The van der Waals surface area contributed by atoms with E-state index in [0.29, 0.717) is 0 Å². The molecule has 0 aliphatic rings. The van der Waals surface area contributed by atoms with Crippen LogP contribution in [0.4, 0.5) is 5.95 Å². The molecule has 2 aromatic heterocycles. The van der Waals surface area contributed by atoms with Crippen LogP contribution in [0.1, 0.15) is 5.69 Å². The number of rotatable bonds is 4. The van der Waals surface area contributed by atoms with E-state index in [1.807, 2.05) is 41.8 Å². The third kappa shape index (κ3) is 2.18. The second-order valence-corrected chi connectivity index (χ2v) is 3.48. The molecule has 5 heteroatoms. The quantitative estimate of drug-likeness (QED) is 0.803. The summed E-state index contributed by atoms with van der Waals surface area (Å²) in [5.41, 5.74) is 1.22. The van der Waals surface area contributed by atoms with Crippen molar-refractivity contribution in [3.63, 3.8) is 0 Å². The first-order chi connectivity index (χ1) is 7.27. The summed E-state index contributed by atoms with van der Waals surface area (Å²) in [5, 5.41) is 7.39. The Morgan fingerprint density at radius 2 is 2.20 bits per heavy atom. The molecule has 2 rings (SSSR count). The maximum atomic E-state index is 4.19. The summed E-state index contributed by atoms with van der Waals surface area (Å²) < 4.78 is 3.85. The second-order valence-electron chi connectivity index (χ2n) is 3.48. The van der Waals surface area contributed by atoms with Gasteiger partial charge in [-0.1, -0.05) is 0 Å². The summed E-state index contributed by atoms with van der Waals surface area (Å²) in [6.45, 7) is 0.865. The molecule has 2 aromatic rings. The lowest BCUT2D eigenvalue weighted by Crippen LogP contribution is -2.11. The van der Waals surface area contributed by atoms with E-state index in [-0.39, 0.29) is 0 Å². The third-order valence-electron chi connectivity index (χ3n) is 2.41. The molecule has 0 unspecified atom stereocenters. The highest BCUT2D eigenvalue weighted by Gasteiger charge is 2.00. The van der Waals surface area contributed by atoms with E-state index in [2.05, 4.69) is 15.4 Å². The molecular formula is C10H15N5. The van der Waals surface area contributed by atoms with Gasteiger partial charge >= 0.3 is 0 Å². The van der Waals surface area contributed by atoms with Gasteiger partial charge in [-0.2, -0.15) is 5.10 Å². The van der Waals surface area contributed by atoms with Crippen molar-refractivity contribution in [3.05, 3.63) is 30.4 Å². The average molecular weight is 205 g/mol. The highest BCUT2D eigenvalue weighted by Crippen LogP contribution is 2.02. The number of nitrogens with one attached hydrogen (secondary N) is 1. The van der Waals surface area contributed by atoms with Crippen LogP contribution in [0.5, 0.6) is 0 Å². The molecule has 0 fully saturated rings. The van der Waals surface area contributed by atoms with Gasteiger partial charge in [0.2, 0.25) is 5.95 Å². The molecule has 0 amide bonds. The molecule has 1 N–H and O–H groups in total. The van der Waals surface area contributed by atoms with E-state index in [1.54, 1.807) is 6.20 Å². The number of hydrogen-bond acceptors (Lipinski definition) is 3. The summed E-state index contributed by atoms with van der Waals surface area (Å²) in [5.74, 6) is 0.900. The molecule has 0 aromatic carbocycles. The van der Waals surface area contributed by atoms with Crippen molar-refractivity contribution in [1.29, 1.82) is 0 Å². The lowest BCUT2D eigenvalue weighted by Gasteiger charge is -2.05. The van der Waals surface area contributed by atoms with Crippen molar-refractivity contribution in [2.45, 2.75) is 6.42 Å². The highest BCUT2D eigenvalue weighted by molar-refractivity contribution is 5.25. The predicted octanol–water partition coefficient (Wildman–Crippen LogP) is 0.808. The van der Waals surface area contributed by atoms with Crippen LogP contribution in [-0.4, -0.2) is 25.9 Å². The molecule has 0 radical (unpaired) electrons. The fourth-order valence-corrected chi connectivity index (χ4v) is 1.48. The number of imidazole rings is 1. The average Bonchev–Trinajstić information content (AvgIpc) is 2.78. The van der Waals surface area contributed by atoms with Gasteiger partial charge in [0.1, 0.15) is 0 Å². The Bertz CT molecular complexity index is 388. The van der Waals surface area contributed by atoms with E-state index < -0.39 is 0 Å². The zero-order valence-electron chi connectivity index (χ0n) is 9.01. The van der Waals surface area contributed by atoms with Gasteiger partial charge in [-0.05, 0) is 6.07 Å². The normalized spacial score (nSPS) is 10.5. The van der Waals surface area contributed by atoms with Crippen LogP contribution in [0, 0.1) is 0 Å². The molecule has 2 heterocycles. The Labute approximate surface area is 88.7 Å². The van der Waals surface area contributed by atoms with Crippen LogP contribution in [0.3, 0.4) is 0 Å².